The summed E-state index contributed by atoms with van der Waals surface area (Å²) >= 11 is 6.30. The zero-order valence-corrected chi connectivity index (χ0v) is 15.1. The Morgan fingerprint density at radius 3 is 2.04 bits per heavy atom. The van der Waals surface area contributed by atoms with E-state index in [1.807, 2.05) is 0 Å². The van der Waals surface area contributed by atoms with Crippen molar-refractivity contribution in [3.63, 3.8) is 0 Å². The summed E-state index contributed by atoms with van der Waals surface area (Å²) < 4.78 is 5.44. The molecule has 0 atom stereocenters. The quantitative estimate of drug-likeness (QED) is 0.187. The van der Waals surface area contributed by atoms with Crippen LogP contribution in [0.25, 0.3) is 5.03 Å². The number of ether oxygens (including phenoxy) is 1. The molecule has 26 heavy (non-hydrogen) atoms. The fourth-order valence-corrected chi connectivity index (χ4v) is 2.43. The summed E-state index contributed by atoms with van der Waals surface area (Å²) in [5.41, 5.74) is 0.931. The van der Waals surface area contributed by atoms with Gasteiger partial charge in [-0.1, -0.05) is 41.9 Å². The largest absolute Gasteiger partial charge is 0.422 e. The average molecular weight is 369 g/mol. The van der Waals surface area contributed by atoms with Crippen molar-refractivity contribution < 1.29 is 19.1 Å². The highest BCUT2D eigenvalue weighted by molar-refractivity contribution is 6.49. The van der Waals surface area contributed by atoms with E-state index in [0.717, 1.165) is 0 Å². The number of allylic oxidation sites excluding steroid dienone is 3. The van der Waals surface area contributed by atoms with Gasteiger partial charge in [0.15, 0.2) is 11.6 Å². The maximum atomic E-state index is 12.2. The molecule has 132 valence electrons. The lowest BCUT2D eigenvalue weighted by molar-refractivity contribution is -0.119. The van der Waals surface area contributed by atoms with Gasteiger partial charge < -0.3 is 4.74 Å². The Morgan fingerprint density at radius 2 is 1.42 bits per heavy atom. The number of benzene rings is 2. The summed E-state index contributed by atoms with van der Waals surface area (Å²) in [4.78, 5) is 35.2. The molecule has 5 heteroatoms. The minimum absolute atomic E-state index is 0.0434. The van der Waals surface area contributed by atoms with E-state index in [9.17, 15) is 14.4 Å². The molecule has 2 aromatic rings. The minimum Gasteiger partial charge on any atom is -0.422 e. The van der Waals surface area contributed by atoms with Crippen LogP contribution >= 0.6 is 11.6 Å². The van der Waals surface area contributed by atoms with E-state index in [0.29, 0.717) is 11.1 Å². The molecule has 0 saturated heterocycles. The smallest absolute Gasteiger partial charge is 0.343 e. The molecule has 2 aromatic carbocycles. The highest BCUT2D eigenvalue weighted by atomic mass is 35.5. The number of para-hydroxylation sites is 1. The Balaban J connectivity index is 2.32. The number of Topliss-reactive ketones (excluding diaryl/α,β-unsaturated/α-hetero) is 2. The van der Waals surface area contributed by atoms with Crippen LogP contribution in [0.4, 0.5) is 0 Å². The number of ketones is 2. The SMILES string of the molecule is CC(=O)C(=CC=C(Cl)c1ccccc1OC(=O)c1ccccc1)C(C)=O. The number of carbonyl (C=O) groups excluding carboxylic acids is 3. The molecular weight excluding hydrogens is 352 g/mol. The van der Waals surface area contributed by atoms with Crippen molar-refractivity contribution in [2.45, 2.75) is 13.8 Å². The molecule has 0 aliphatic heterocycles. The number of esters is 1. The maximum absolute atomic E-state index is 12.2. The van der Waals surface area contributed by atoms with E-state index in [1.165, 1.54) is 26.0 Å². The van der Waals surface area contributed by atoms with Crippen molar-refractivity contribution in [3.8, 4) is 5.75 Å². The second-order valence-corrected chi connectivity index (χ2v) is 5.87. The van der Waals surface area contributed by atoms with Crippen LogP contribution in [0.2, 0.25) is 0 Å². The van der Waals surface area contributed by atoms with Gasteiger partial charge in [-0.2, -0.15) is 0 Å². The second-order valence-electron chi connectivity index (χ2n) is 5.46. The molecule has 0 unspecified atom stereocenters. The molecule has 0 aliphatic carbocycles. The Hall–Kier alpha value is -2.98. The minimum atomic E-state index is -0.508. The molecule has 0 aliphatic rings. The first-order valence-electron chi connectivity index (χ1n) is 7.86. The van der Waals surface area contributed by atoms with E-state index in [-0.39, 0.29) is 27.9 Å². The highest BCUT2D eigenvalue weighted by Gasteiger charge is 2.13. The molecule has 0 bridgehead atoms. The third-order valence-corrected chi connectivity index (χ3v) is 3.84. The highest BCUT2D eigenvalue weighted by Crippen LogP contribution is 2.29. The first-order chi connectivity index (χ1) is 12.4. The van der Waals surface area contributed by atoms with Crippen LogP contribution in [0.5, 0.6) is 5.75 Å². The predicted molar refractivity (Wildman–Crippen MR) is 101 cm³/mol. The summed E-state index contributed by atoms with van der Waals surface area (Å²) in [5.74, 6) is -0.918. The summed E-state index contributed by atoms with van der Waals surface area (Å²) in [6.45, 7) is 2.62. The van der Waals surface area contributed by atoms with Gasteiger partial charge in [0.25, 0.3) is 0 Å². The molecule has 0 radical (unpaired) electrons. The standard InChI is InChI=1S/C21H17ClO4/c1-14(23)17(15(2)24)12-13-19(22)18-10-6-7-11-20(18)26-21(25)16-8-4-3-5-9-16/h3-13H,1-2H3. The Kier molecular flexibility index (Phi) is 6.64. The van der Waals surface area contributed by atoms with Gasteiger partial charge in [0.2, 0.25) is 0 Å². The molecule has 2 rings (SSSR count). The van der Waals surface area contributed by atoms with Crippen LogP contribution in [0, 0.1) is 0 Å². The predicted octanol–water partition coefficient (Wildman–Crippen LogP) is 4.59. The number of rotatable bonds is 6. The van der Waals surface area contributed by atoms with Crippen molar-refractivity contribution in [2.24, 2.45) is 0 Å². The molecule has 0 amide bonds. The van der Waals surface area contributed by atoms with E-state index < -0.39 is 5.97 Å². The zero-order valence-electron chi connectivity index (χ0n) is 14.4. The fraction of sp³-hybridized carbons (Fsp3) is 0.0952. The normalized spacial score (nSPS) is 10.8. The topological polar surface area (TPSA) is 60.4 Å². The van der Waals surface area contributed by atoms with Crippen LogP contribution in [0.1, 0.15) is 29.8 Å². The lowest BCUT2D eigenvalue weighted by atomic mass is 10.1. The number of halogens is 1. The number of hydrogen-bond donors (Lipinski definition) is 0. The first-order valence-corrected chi connectivity index (χ1v) is 8.24. The second kappa shape index (κ2) is 8.92. The lowest BCUT2D eigenvalue weighted by Gasteiger charge is -2.09. The van der Waals surface area contributed by atoms with Gasteiger partial charge in [-0.25, -0.2) is 4.79 Å². The van der Waals surface area contributed by atoms with Crippen molar-refractivity contribution >= 4 is 34.2 Å². The van der Waals surface area contributed by atoms with Gasteiger partial charge in [0, 0.05) is 5.56 Å². The Morgan fingerprint density at radius 1 is 0.846 bits per heavy atom. The third-order valence-electron chi connectivity index (χ3n) is 3.51. The Labute approximate surface area is 156 Å². The van der Waals surface area contributed by atoms with Crippen molar-refractivity contribution in [1.29, 1.82) is 0 Å². The van der Waals surface area contributed by atoms with Gasteiger partial charge >= 0.3 is 5.97 Å². The van der Waals surface area contributed by atoms with Crippen LogP contribution in [0.3, 0.4) is 0 Å². The van der Waals surface area contributed by atoms with Gasteiger partial charge in [-0.3, -0.25) is 9.59 Å². The maximum Gasteiger partial charge on any atom is 0.343 e. The van der Waals surface area contributed by atoms with Crippen molar-refractivity contribution in [1.82, 2.24) is 0 Å². The van der Waals surface area contributed by atoms with Crippen LogP contribution in [-0.4, -0.2) is 17.5 Å². The van der Waals surface area contributed by atoms with Crippen LogP contribution in [0.15, 0.2) is 72.3 Å². The summed E-state index contributed by atoms with van der Waals surface area (Å²) in [6.07, 6.45) is 2.80. The zero-order chi connectivity index (χ0) is 19.1. The van der Waals surface area contributed by atoms with Gasteiger partial charge in [-0.05, 0) is 50.3 Å². The third kappa shape index (κ3) is 5.01. The summed E-state index contributed by atoms with van der Waals surface area (Å²) in [7, 11) is 0. The van der Waals surface area contributed by atoms with Crippen molar-refractivity contribution in [2.75, 3.05) is 0 Å². The number of hydrogen-bond acceptors (Lipinski definition) is 4. The van der Waals surface area contributed by atoms with Gasteiger partial charge in [0.1, 0.15) is 5.75 Å². The summed E-state index contributed by atoms with van der Waals surface area (Å²) in [6, 6.07) is 15.3. The fourth-order valence-electron chi connectivity index (χ4n) is 2.21. The van der Waals surface area contributed by atoms with Crippen molar-refractivity contribution in [3.05, 3.63) is 83.4 Å². The first kappa shape index (κ1) is 19.3. The molecule has 0 spiro atoms. The Bertz CT molecular complexity index is 879. The van der Waals surface area contributed by atoms with E-state index in [2.05, 4.69) is 0 Å². The molecule has 0 aromatic heterocycles. The lowest BCUT2D eigenvalue weighted by Crippen LogP contribution is -2.09. The van der Waals surface area contributed by atoms with Crippen LogP contribution in [-0.2, 0) is 9.59 Å². The van der Waals surface area contributed by atoms with Gasteiger partial charge in [-0.15, -0.1) is 0 Å². The average Bonchev–Trinajstić information content (AvgIpc) is 2.62. The molecule has 4 nitrogen and oxygen atoms in total. The molecule has 0 saturated carbocycles. The monoisotopic (exact) mass is 368 g/mol. The molecule has 0 N–H and O–H groups in total. The van der Waals surface area contributed by atoms with Crippen LogP contribution < -0.4 is 4.74 Å². The van der Waals surface area contributed by atoms with E-state index >= 15 is 0 Å². The van der Waals surface area contributed by atoms with E-state index in [4.69, 9.17) is 16.3 Å². The molecule has 0 fully saturated rings. The van der Waals surface area contributed by atoms with E-state index in [1.54, 1.807) is 54.6 Å². The molecular formula is C21H17ClO4. The number of carbonyl (C=O) groups is 3. The summed E-state index contributed by atoms with van der Waals surface area (Å²) in [5, 5.41) is 0.237. The molecule has 0 heterocycles. The van der Waals surface area contributed by atoms with Gasteiger partial charge in [0.05, 0.1) is 16.2 Å².